The van der Waals surface area contributed by atoms with Gasteiger partial charge in [0, 0.05) is 32.7 Å². The van der Waals surface area contributed by atoms with Crippen molar-refractivity contribution in [2.45, 2.75) is 46.1 Å². The van der Waals surface area contributed by atoms with Crippen molar-refractivity contribution in [3.63, 3.8) is 0 Å². The molecule has 0 radical (unpaired) electrons. The summed E-state index contributed by atoms with van der Waals surface area (Å²) < 4.78 is 7.10. The molecule has 0 fully saturated rings. The molecule has 8 heteroatoms. The molecule has 0 atom stereocenters. The molecule has 1 aromatic heterocycles. The molecule has 0 unspecified atom stereocenters. The lowest BCUT2D eigenvalue weighted by Gasteiger charge is -2.27. The summed E-state index contributed by atoms with van der Waals surface area (Å²) in [5.74, 6) is 2.46. The smallest absolute Gasteiger partial charge is 0.191 e. The number of ether oxygens (including phenoxy) is 1. The largest absolute Gasteiger partial charge is 0.383 e. The summed E-state index contributed by atoms with van der Waals surface area (Å²) in [5, 5.41) is 15.1. The van der Waals surface area contributed by atoms with Gasteiger partial charge in [-0.3, -0.25) is 0 Å². The fourth-order valence-corrected chi connectivity index (χ4v) is 2.78. The first-order valence-corrected chi connectivity index (χ1v) is 9.82. The Morgan fingerprint density at radius 2 is 1.86 bits per heavy atom. The van der Waals surface area contributed by atoms with Crippen molar-refractivity contribution in [3.8, 4) is 0 Å². The number of guanidine groups is 1. The minimum absolute atomic E-state index is 0. The minimum Gasteiger partial charge on any atom is -0.383 e. The molecule has 0 aliphatic heterocycles. The first-order chi connectivity index (χ1) is 13.4. The summed E-state index contributed by atoms with van der Waals surface area (Å²) in [7, 11) is 3.64. The van der Waals surface area contributed by atoms with Crippen molar-refractivity contribution in [1.82, 2.24) is 25.4 Å². The Morgan fingerprint density at radius 3 is 2.41 bits per heavy atom. The molecule has 0 saturated carbocycles. The third kappa shape index (κ3) is 7.58. The van der Waals surface area contributed by atoms with Gasteiger partial charge in [-0.15, -0.1) is 34.2 Å². The SMILES string of the molecule is CCc1ccc(C(C)(C)CNC(=NCc2nnc(C)n2C)NCCOC)cc1.I. The number of halogens is 1. The predicted molar refractivity (Wildman–Crippen MR) is 129 cm³/mol. The molecular weight excluding hydrogens is 479 g/mol. The average molecular weight is 514 g/mol. The number of rotatable bonds is 9. The molecule has 0 saturated heterocycles. The van der Waals surface area contributed by atoms with Crippen LogP contribution in [0.2, 0.25) is 0 Å². The predicted octanol–water partition coefficient (Wildman–Crippen LogP) is 2.96. The van der Waals surface area contributed by atoms with Gasteiger partial charge in [-0.05, 0) is 24.5 Å². The van der Waals surface area contributed by atoms with E-state index in [4.69, 9.17) is 4.74 Å². The summed E-state index contributed by atoms with van der Waals surface area (Å²) in [4.78, 5) is 4.68. The molecule has 2 N–H and O–H groups in total. The molecule has 0 amide bonds. The summed E-state index contributed by atoms with van der Waals surface area (Å²) in [6, 6.07) is 8.86. The second kappa shape index (κ2) is 12.1. The molecular formula is C21H35IN6O. The second-order valence-corrected chi connectivity index (χ2v) is 7.59. The zero-order valence-corrected chi connectivity index (χ0v) is 20.8. The van der Waals surface area contributed by atoms with Crippen LogP contribution in [0.15, 0.2) is 29.3 Å². The van der Waals surface area contributed by atoms with Crippen molar-refractivity contribution in [2.24, 2.45) is 12.0 Å². The van der Waals surface area contributed by atoms with Crippen LogP contribution in [-0.4, -0.2) is 47.5 Å². The molecule has 1 aromatic carbocycles. The minimum atomic E-state index is -0.0304. The Labute approximate surface area is 191 Å². The van der Waals surface area contributed by atoms with Crippen molar-refractivity contribution >= 4 is 29.9 Å². The van der Waals surface area contributed by atoms with E-state index in [0.717, 1.165) is 30.6 Å². The van der Waals surface area contributed by atoms with Gasteiger partial charge in [0.15, 0.2) is 11.8 Å². The van der Waals surface area contributed by atoms with Crippen LogP contribution in [0.5, 0.6) is 0 Å². The number of benzene rings is 1. The van der Waals surface area contributed by atoms with Gasteiger partial charge in [0.1, 0.15) is 12.4 Å². The van der Waals surface area contributed by atoms with Gasteiger partial charge < -0.3 is 19.9 Å². The average Bonchev–Trinajstić information content (AvgIpc) is 3.02. The highest BCUT2D eigenvalue weighted by atomic mass is 127. The van der Waals surface area contributed by atoms with E-state index in [1.807, 2.05) is 18.5 Å². The van der Waals surface area contributed by atoms with Crippen LogP contribution in [0.4, 0.5) is 0 Å². The fourth-order valence-electron chi connectivity index (χ4n) is 2.78. The van der Waals surface area contributed by atoms with Crippen molar-refractivity contribution < 1.29 is 4.74 Å². The molecule has 2 rings (SSSR count). The van der Waals surface area contributed by atoms with Crippen LogP contribution in [0, 0.1) is 6.92 Å². The van der Waals surface area contributed by atoms with Gasteiger partial charge in [0.25, 0.3) is 0 Å². The Balaban J connectivity index is 0.00000420. The first kappa shape index (κ1) is 25.4. The molecule has 0 aliphatic carbocycles. The van der Waals surface area contributed by atoms with Crippen LogP contribution in [-0.2, 0) is 30.2 Å². The topological polar surface area (TPSA) is 76.4 Å². The number of methoxy groups -OCH3 is 1. The van der Waals surface area contributed by atoms with Crippen LogP contribution in [0.1, 0.15) is 43.5 Å². The first-order valence-electron chi connectivity index (χ1n) is 9.82. The van der Waals surface area contributed by atoms with Crippen LogP contribution in [0.3, 0.4) is 0 Å². The maximum absolute atomic E-state index is 5.14. The number of aromatic nitrogens is 3. The quantitative estimate of drug-likeness (QED) is 0.233. The standard InChI is InChI=1S/C21H34N6O.HI/c1-7-17-8-10-18(11-9-17)21(3,4)15-24-20(22-12-13-28-6)23-14-19-26-25-16(2)27(19)5;/h8-11H,7,12-15H2,1-6H3,(H2,22,23,24);1H. The summed E-state index contributed by atoms with van der Waals surface area (Å²) in [5.41, 5.74) is 2.63. The van der Waals surface area contributed by atoms with Crippen LogP contribution in [0.25, 0.3) is 0 Å². The van der Waals surface area contributed by atoms with Crippen molar-refractivity contribution in [1.29, 1.82) is 0 Å². The number of hydrogen-bond acceptors (Lipinski definition) is 4. The van der Waals surface area contributed by atoms with E-state index in [9.17, 15) is 0 Å². The van der Waals surface area contributed by atoms with Gasteiger partial charge in [0.05, 0.1) is 6.61 Å². The Morgan fingerprint density at radius 1 is 1.17 bits per heavy atom. The molecule has 0 bridgehead atoms. The maximum atomic E-state index is 5.14. The fraction of sp³-hybridized carbons (Fsp3) is 0.571. The van der Waals surface area contributed by atoms with E-state index in [1.165, 1.54) is 11.1 Å². The maximum Gasteiger partial charge on any atom is 0.191 e. The van der Waals surface area contributed by atoms with E-state index in [2.05, 4.69) is 70.9 Å². The van der Waals surface area contributed by atoms with Gasteiger partial charge >= 0.3 is 0 Å². The van der Waals surface area contributed by atoms with Gasteiger partial charge in [0.2, 0.25) is 0 Å². The van der Waals surface area contributed by atoms with E-state index in [-0.39, 0.29) is 29.4 Å². The van der Waals surface area contributed by atoms with Gasteiger partial charge in [-0.1, -0.05) is 45.0 Å². The highest BCUT2D eigenvalue weighted by Crippen LogP contribution is 2.22. The van der Waals surface area contributed by atoms with E-state index < -0.39 is 0 Å². The monoisotopic (exact) mass is 514 g/mol. The normalized spacial score (nSPS) is 11.9. The molecule has 0 spiro atoms. The van der Waals surface area contributed by atoms with E-state index in [1.54, 1.807) is 7.11 Å². The molecule has 7 nitrogen and oxygen atoms in total. The summed E-state index contributed by atoms with van der Waals surface area (Å²) >= 11 is 0. The summed E-state index contributed by atoms with van der Waals surface area (Å²) in [6.45, 7) is 11.1. The highest BCUT2D eigenvalue weighted by molar-refractivity contribution is 14.0. The Bertz CT molecular complexity index is 770. The Hall–Kier alpha value is -1.68. The number of nitrogens with one attached hydrogen (secondary N) is 2. The lowest BCUT2D eigenvalue weighted by Crippen LogP contribution is -2.44. The van der Waals surface area contributed by atoms with Crippen LogP contribution >= 0.6 is 24.0 Å². The van der Waals surface area contributed by atoms with Gasteiger partial charge in [-0.25, -0.2) is 4.99 Å². The second-order valence-electron chi connectivity index (χ2n) is 7.59. The molecule has 1 heterocycles. The highest BCUT2D eigenvalue weighted by Gasteiger charge is 2.21. The Kier molecular flexibility index (Phi) is 10.6. The zero-order valence-electron chi connectivity index (χ0n) is 18.5. The zero-order chi connectivity index (χ0) is 20.6. The summed E-state index contributed by atoms with van der Waals surface area (Å²) in [6.07, 6.45) is 1.06. The number of aliphatic imine (C=N–C) groups is 1. The number of nitrogens with zero attached hydrogens (tertiary/aromatic N) is 4. The third-order valence-corrected chi connectivity index (χ3v) is 5.00. The van der Waals surface area contributed by atoms with E-state index in [0.29, 0.717) is 19.7 Å². The lowest BCUT2D eigenvalue weighted by atomic mass is 9.84. The number of aryl methyl sites for hydroxylation is 2. The molecule has 2 aromatic rings. The molecule has 0 aliphatic rings. The lowest BCUT2D eigenvalue weighted by molar-refractivity contribution is 0.203. The molecule has 162 valence electrons. The van der Waals surface area contributed by atoms with Crippen molar-refractivity contribution in [3.05, 3.63) is 47.0 Å². The molecule has 29 heavy (non-hydrogen) atoms. The van der Waals surface area contributed by atoms with Gasteiger partial charge in [-0.2, -0.15) is 0 Å². The van der Waals surface area contributed by atoms with Crippen LogP contribution < -0.4 is 10.6 Å². The van der Waals surface area contributed by atoms with E-state index >= 15 is 0 Å². The third-order valence-electron chi connectivity index (χ3n) is 5.00. The number of hydrogen-bond donors (Lipinski definition) is 2. The van der Waals surface area contributed by atoms with Crippen molar-refractivity contribution in [2.75, 3.05) is 26.8 Å².